The van der Waals surface area contributed by atoms with Gasteiger partial charge in [-0.3, -0.25) is 14.8 Å². The molecule has 0 aromatic carbocycles. The van der Waals surface area contributed by atoms with Gasteiger partial charge in [0, 0.05) is 49.9 Å². The van der Waals surface area contributed by atoms with E-state index in [1.165, 1.54) is 0 Å². The Labute approximate surface area is 135 Å². The molecule has 116 valence electrons. The van der Waals surface area contributed by atoms with Crippen molar-refractivity contribution in [1.29, 1.82) is 0 Å². The first-order chi connectivity index (χ1) is 10.7. The molecule has 1 atom stereocenters. The van der Waals surface area contributed by atoms with Crippen molar-refractivity contribution >= 4 is 28.9 Å². The zero-order valence-electron chi connectivity index (χ0n) is 12.7. The Hall–Kier alpha value is -1.82. The maximum absolute atomic E-state index is 12.2. The SMILES string of the molecule is C[C@@H]1CN=C(N2CCN(C(=O)/C=C\c3cccnc3)CC2)S1. The number of hydrogen-bond donors (Lipinski definition) is 0. The first-order valence-corrected chi connectivity index (χ1v) is 8.43. The van der Waals surface area contributed by atoms with Crippen LogP contribution in [-0.2, 0) is 4.79 Å². The van der Waals surface area contributed by atoms with Gasteiger partial charge in [0.15, 0.2) is 5.17 Å². The van der Waals surface area contributed by atoms with Gasteiger partial charge in [-0.25, -0.2) is 0 Å². The van der Waals surface area contributed by atoms with Crippen LogP contribution >= 0.6 is 11.8 Å². The van der Waals surface area contributed by atoms with E-state index in [9.17, 15) is 4.79 Å². The molecule has 3 heterocycles. The molecule has 0 spiro atoms. The molecule has 0 unspecified atom stereocenters. The smallest absolute Gasteiger partial charge is 0.246 e. The van der Waals surface area contributed by atoms with Gasteiger partial charge in [0.2, 0.25) is 5.91 Å². The predicted octanol–water partition coefficient (Wildman–Crippen LogP) is 1.73. The third-order valence-electron chi connectivity index (χ3n) is 3.75. The van der Waals surface area contributed by atoms with E-state index >= 15 is 0 Å². The number of amides is 1. The summed E-state index contributed by atoms with van der Waals surface area (Å²) in [4.78, 5) is 25.0. The Balaban J connectivity index is 1.51. The van der Waals surface area contributed by atoms with Crippen molar-refractivity contribution in [2.45, 2.75) is 12.2 Å². The van der Waals surface area contributed by atoms with Crippen LogP contribution in [0.25, 0.3) is 6.08 Å². The highest BCUT2D eigenvalue weighted by atomic mass is 32.2. The van der Waals surface area contributed by atoms with E-state index in [1.807, 2.05) is 34.9 Å². The van der Waals surface area contributed by atoms with E-state index in [2.05, 4.69) is 21.8 Å². The molecule has 2 aliphatic rings. The lowest BCUT2D eigenvalue weighted by Crippen LogP contribution is -2.49. The van der Waals surface area contributed by atoms with E-state index < -0.39 is 0 Å². The minimum absolute atomic E-state index is 0.0675. The Morgan fingerprint density at radius 1 is 1.36 bits per heavy atom. The lowest BCUT2D eigenvalue weighted by molar-refractivity contribution is -0.127. The maximum atomic E-state index is 12.2. The van der Waals surface area contributed by atoms with Gasteiger partial charge < -0.3 is 9.80 Å². The van der Waals surface area contributed by atoms with Crippen LogP contribution in [0.3, 0.4) is 0 Å². The summed E-state index contributed by atoms with van der Waals surface area (Å²) < 4.78 is 0. The number of carbonyl (C=O) groups excluding carboxylic acids is 1. The molecule has 0 radical (unpaired) electrons. The number of aliphatic imine (C=N–C) groups is 1. The number of rotatable bonds is 2. The standard InChI is InChI=1S/C16H20N4OS/c1-13-11-18-16(22-13)20-9-7-19(8-10-20)15(21)5-4-14-3-2-6-17-12-14/h2-6,12-13H,7-11H2,1H3/b5-4-/t13-/m1/s1. The van der Waals surface area contributed by atoms with E-state index in [1.54, 1.807) is 18.5 Å². The van der Waals surface area contributed by atoms with Crippen molar-refractivity contribution < 1.29 is 4.79 Å². The number of nitrogens with zero attached hydrogens (tertiary/aromatic N) is 4. The van der Waals surface area contributed by atoms with Gasteiger partial charge in [-0.15, -0.1) is 0 Å². The zero-order valence-corrected chi connectivity index (χ0v) is 13.5. The minimum atomic E-state index is 0.0675. The average molecular weight is 316 g/mol. The number of pyridine rings is 1. The quantitative estimate of drug-likeness (QED) is 0.780. The van der Waals surface area contributed by atoms with Gasteiger partial charge >= 0.3 is 0 Å². The zero-order chi connectivity index (χ0) is 15.4. The first kappa shape index (κ1) is 15.1. The lowest BCUT2D eigenvalue weighted by atomic mass is 10.2. The molecular weight excluding hydrogens is 296 g/mol. The third kappa shape index (κ3) is 3.68. The number of amidine groups is 1. The summed E-state index contributed by atoms with van der Waals surface area (Å²) in [6, 6.07) is 3.80. The molecule has 1 fully saturated rings. The Morgan fingerprint density at radius 2 is 2.18 bits per heavy atom. The van der Waals surface area contributed by atoms with Crippen molar-refractivity contribution in [3.63, 3.8) is 0 Å². The summed E-state index contributed by atoms with van der Waals surface area (Å²) in [5, 5.41) is 1.72. The summed E-state index contributed by atoms with van der Waals surface area (Å²) in [7, 11) is 0. The second-order valence-electron chi connectivity index (χ2n) is 5.48. The number of carbonyl (C=O) groups is 1. The molecule has 1 saturated heterocycles. The van der Waals surface area contributed by atoms with Crippen LogP contribution in [0.4, 0.5) is 0 Å². The van der Waals surface area contributed by atoms with Crippen LogP contribution in [0.1, 0.15) is 12.5 Å². The highest BCUT2D eigenvalue weighted by Crippen LogP contribution is 2.23. The highest BCUT2D eigenvalue weighted by molar-refractivity contribution is 8.14. The summed E-state index contributed by atoms with van der Waals surface area (Å²) in [5.74, 6) is 0.0675. The molecule has 3 rings (SSSR count). The van der Waals surface area contributed by atoms with Crippen LogP contribution in [0.5, 0.6) is 0 Å². The van der Waals surface area contributed by atoms with Crippen LogP contribution in [-0.4, -0.2) is 63.8 Å². The molecule has 22 heavy (non-hydrogen) atoms. The summed E-state index contributed by atoms with van der Waals surface area (Å²) in [5.41, 5.74) is 0.945. The lowest BCUT2D eigenvalue weighted by Gasteiger charge is -2.35. The van der Waals surface area contributed by atoms with Crippen molar-refractivity contribution in [2.24, 2.45) is 4.99 Å². The molecule has 0 bridgehead atoms. The van der Waals surface area contributed by atoms with Crippen LogP contribution < -0.4 is 0 Å². The van der Waals surface area contributed by atoms with E-state index in [-0.39, 0.29) is 5.91 Å². The number of hydrogen-bond acceptors (Lipinski definition) is 5. The van der Waals surface area contributed by atoms with Gasteiger partial charge in [-0.2, -0.15) is 0 Å². The minimum Gasteiger partial charge on any atom is -0.348 e. The average Bonchev–Trinajstić information content (AvgIpc) is 3.00. The molecule has 5 nitrogen and oxygen atoms in total. The third-order valence-corrected chi connectivity index (χ3v) is 4.90. The van der Waals surface area contributed by atoms with Crippen LogP contribution in [0.15, 0.2) is 35.6 Å². The van der Waals surface area contributed by atoms with Gasteiger partial charge in [0.1, 0.15) is 0 Å². The molecule has 1 aromatic rings. The largest absolute Gasteiger partial charge is 0.348 e. The predicted molar refractivity (Wildman–Crippen MR) is 90.8 cm³/mol. The fraction of sp³-hybridized carbons (Fsp3) is 0.438. The van der Waals surface area contributed by atoms with Crippen molar-refractivity contribution in [1.82, 2.24) is 14.8 Å². The van der Waals surface area contributed by atoms with Gasteiger partial charge in [0.05, 0.1) is 6.54 Å². The molecule has 1 amide bonds. The second kappa shape index (κ2) is 6.96. The van der Waals surface area contributed by atoms with Crippen molar-refractivity contribution in [3.05, 3.63) is 36.2 Å². The second-order valence-corrected chi connectivity index (χ2v) is 6.89. The molecule has 6 heteroatoms. The van der Waals surface area contributed by atoms with Crippen molar-refractivity contribution in [2.75, 3.05) is 32.7 Å². The normalized spacial score (nSPS) is 22.2. The van der Waals surface area contributed by atoms with Crippen LogP contribution in [0, 0.1) is 0 Å². The van der Waals surface area contributed by atoms with Crippen LogP contribution in [0.2, 0.25) is 0 Å². The summed E-state index contributed by atoms with van der Waals surface area (Å²) >= 11 is 1.84. The fourth-order valence-electron chi connectivity index (χ4n) is 2.50. The topological polar surface area (TPSA) is 48.8 Å². The van der Waals surface area contributed by atoms with Crippen molar-refractivity contribution in [3.8, 4) is 0 Å². The fourth-order valence-corrected chi connectivity index (χ4v) is 3.49. The van der Waals surface area contributed by atoms with E-state index in [0.717, 1.165) is 43.5 Å². The molecule has 0 N–H and O–H groups in total. The van der Waals surface area contributed by atoms with Gasteiger partial charge in [-0.1, -0.05) is 24.8 Å². The highest BCUT2D eigenvalue weighted by Gasteiger charge is 2.25. The summed E-state index contributed by atoms with van der Waals surface area (Å²) in [6.45, 7) is 6.35. The Bertz CT molecular complexity index is 579. The number of thioether (sulfide) groups is 1. The Morgan fingerprint density at radius 3 is 2.82 bits per heavy atom. The monoisotopic (exact) mass is 316 g/mol. The molecule has 1 aromatic heterocycles. The first-order valence-electron chi connectivity index (χ1n) is 7.55. The van der Waals surface area contributed by atoms with E-state index in [4.69, 9.17) is 0 Å². The van der Waals surface area contributed by atoms with Gasteiger partial charge in [-0.05, 0) is 17.7 Å². The number of piperazine rings is 1. The molecular formula is C16H20N4OS. The molecule has 0 saturated carbocycles. The maximum Gasteiger partial charge on any atom is 0.246 e. The summed E-state index contributed by atoms with van der Waals surface area (Å²) in [6.07, 6.45) is 6.93. The molecule has 0 aliphatic carbocycles. The number of aromatic nitrogens is 1. The Kier molecular flexibility index (Phi) is 4.77. The van der Waals surface area contributed by atoms with E-state index in [0.29, 0.717) is 5.25 Å². The van der Waals surface area contributed by atoms with Gasteiger partial charge in [0.25, 0.3) is 0 Å². The molecule has 2 aliphatic heterocycles.